The molecule has 6 aromatic carbocycles. The summed E-state index contributed by atoms with van der Waals surface area (Å²) < 4.78 is 56.7. The molecule has 10 aromatic rings. The van der Waals surface area contributed by atoms with Crippen LogP contribution in [0.4, 0.5) is 80.5 Å². The number of halogens is 10. The van der Waals surface area contributed by atoms with Gasteiger partial charge in [0.25, 0.3) is 11.8 Å². The number of urea groups is 6. The van der Waals surface area contributed by atoms with Gasteiger partial charge in [-0.15, -0.1) is 0 Å². The summed E-state index contributed by atoms with van der Waals surface area (Å²) in [5.41, 5.74) is 21.3. The van der Waals surface area contributed by atoms with Gasteiger partial charge in [-0.25, -0.2) is 28.8 Å². The van der Waals surface area contributed by atoms with Gasteiger partial charge in [0.2, 0.25) is 0 Å². The number of alkyl halides is 4. The second kappa shape index (κ2) is 45.8. The van der Waals surface area contributed by atoms with E-state index in [0.717, 1.165) is 104 Å². The normalized spacial score (nSPS) is 18.3. The van der Waals surface area contributed by atoms with E-state index in [-0.39, 0.29) is 84.4 Å². The number of amides is 12. The molecule has 0 bridgehead atoms. The Morgan fingerprint density at radius 2 is 0.750 bits per heavy atom. The number of hydrogen-bond donors (Lipinski definition) is 10. The molecule has 10 N–H and O–H groups in total. The van der Waals surface area contributed by atoms with Crippen molar-refractivity contribution >= 4 is 151 Å². The Labute approximate surface area is 865 Å². The summed E-state index contributed by atoms with van der Waals surface area (Å²) in [7, 11) is 0. The molecule has 11 aliphatic rings. The molecule has 2 unspecified atom stereocenters. The number of H-pyrrole nitrogens is 4. The third-order valence-electron chi connectivity index (χ3n) is 29.0. The Hall–Kier alpha value is -11.9. The first kappa shape index (κ1) is 105. The van der Waals surface area contributed by atoms with E-state index in [0.29, 0.717) is 154 Å². The molecule has 12 amide bonds. The Kier molecular flexibility index (Phi) is 33.3. The number of hydrogen-bond acceptors (Lipinski definition) is 12. The third-order valence-corrected chi connectivity index (χ3v) is 30.4. The Morgan fingerprint density at radius 1 is 0.403 bits per heavy atom. The van der Waals surface area contributed by atoms with Gasteiger partial charge in [0.05, 0.1) is 56.4 Å². The number of fused-ring (bicyclic) bond motifs is 5. The molecule has 4 aromatic heterocycles. The van der Waals surface area contributed by atoms with Crippen molar-refractivity contribution in [2.75, 3.05) is 97.3 Å². The fourth-order valence-electron chi connectivity index (χ4n) is 20.3. The van der Waals surface area contributed by atoms with Gasteiger partial charge < -0.3 is 61.3 Å². The van der Waals surface area contributed by atoms with Gasteiger partial charge in [0.1, 0.15) is 11.4 Å². The highest BCUT2D eigenvalue weighted by Crippen LogP contribution is 2.65. The number of benzene rings is 6. The largest absolute Gasteiger partial charge is 0.322 e. The molecule has 28 nitrogen and oxygen atoms in total. The van der Waals surface area contributed by atoms with Crippen molar-refractivity contribution in [3.05, 3.63) is 266 Å². The van der Waals surface area contributed by atoms with Gasteiger partial charge in [-0.3, -0.25) is 30.4 Å². The van der Waals surface area contributed by atoms with Crippen molar-refractivity contribution in [2.45, 2.75) is 219 Å². The van der Waals surface area contributed by atoms with E-state index in [1.54, 1.807) is 109 Å². The maximum Gasteiger partial charge on any atom is 0.322 e. The van der Waals surface area contributed by atoms with E-state index in [4.69, 9.17) is 74.6 Å². The van der Waals surface area contributed by atoms with Crippen molar-refractivity contribution in [3.8, 4) is 0 Å². The third kappa shape index (κ3) is 24.9. The molecular formula is C106H122Cl6F4N22O6. The molecule has 38 heteroatoms. The Morgan fingerprint density at radius 3 is 1.11 bits per heavy atom. The quantitative estimate of drug-likeness (QED) is 0.0384. The summed E-state index contributed by atoms with van der Waals surface area (Å²) in [5, 5.41) is 50.3. The molecule has 8 aliphatic heterocycles. The Bertz CT molecular complexity index is 6400. The monoisotopic (exact) mass is 2080 g/mol. The number of aromatic nitrogens is 8. The van der Waals surface area contributed by atoms with Crippen LogP contribution in [0.15, 0.2) is 178 Å². The van der Waals surface area contributed by atoms with Crippen LogP contribution in [0.5, 0.6) is 0 Å². The minimum Gasteiger partial charge on any atom is -0.320 e. The van der Waals surface area contributed by atoms with Crippen molar-refractivity contribution in [1.29, 1.82) is 0 Å². The van der Waals surface area contributed by atoms with Crippen LogP contribution in [-0.4, -0.2) is 189 Å². The molecule has 3 saturated carbocycles. The summed E-state index contributed by atoms with van der Waals surface area (Å²) >= 11 is 35.7. The summed E-state index contributed by atoms with van der Waals surface area (Å²) in [4.78, 5) is 94.5. The van der Waals surface area contributed by atoms with Crippen molar-refractivity contribution in [2.24, 2.45) is 21.3 Å². The molecule has 762 valence electrons. The van der Waals surface area contributed by atoms with Gasteiger partial charge in [-0.2, -0.15) is 38.0 Å². The van der Waals surface area contributed by atoms with Crippen LogP contribution in [-0.2, 0) is 75.0 Å². The predicted molar refractivity (Wildman–Crippen MR) is 562 cm³/mol. The van der Waals surface area contributed by atoms with Gasteiger partial charge >= 0.3 is 36.2 Å². The maximum absolute atomic E-state index is 14.3. The van der Waals surface area contributed by atoms with Crippen LogP contribution in [0.2, 0.25) is 30.1 Å². The molecule has 21 rings (SSSR count). The van der Waals surface area contributed by atoms with Crippen LogP contribution in [0.3, 0.4) is 0 Å². The number of anilines is 6. The van der Waals surface area contributed by atoms with Crippen molar-refractivity contribution in [3.63, 3.8) is 0 Å². The predicted octanol–water partition coefficient (Wildman–Crippen LogP) is 25.5. The molecule has 144 heavy (non-hydrogen) atoms. The lowest BCUT2D eigenvalue weighted by atomic mass is 9.67. The summed E-state index contributed by atoms with van der Waals surface area (Å²) in [6.45, 7) is 21.8. The average molecular weight is 2090 g/mol. The van der Waals surface area contributed by atoms with Crippen LogP contribution in [0.1, 0.15) is 206 Å². The van der Waals surface area contributed by atoms with Gasteiger partial charge in [-0.05, 0) is 195 Å². The zero-order chi connectivity index (χ0) is 102. The highest BCUT2D eigenvalue weighted by molar-refractivity contribution is 6.32. The number of rotatable bonds is 17. The number of nitrogens with one attached hydrogen (secondary N) is 10. The molecule has 0 radical (unpaired) electrons. The first-order chi connectivity index (χ1) is 69.1. The molecule has 12 heterocycles. The zero-order valence-corrected chi connectivity index (χ0v) is 86.4. The molecule has 3 fully saturated rings. The first-order valence-electron chi connectivity index (χ1n) is 49.5. The van der Waals surface area contributed by atoms with Gasteiger partial charge in [0.15, 0.2) is 0 Å². The maximum atomic E-state index is 14.3. The molecule has 3 aliphatic carbocycles. The number of nitrogens with zero attached hydrogens (tertiary/aromatic N) is 12. The van der Waals surface area contributed by atoms with E-state index in [9.17, 15) is 46.3 Å². The number of carbonyl (C=O) groups excluding carboxylic acids is 6. The fraction of sp³-hybridized carbons (Fsp3) is 0.434. The summed E-state index contributed by atoms with van der Waals surface area (Å²) in [5.74, 6) is -5.12. The topological polar surface area (TPSA) is 333 Å². The fourth-order valence-corrected chi connectivity index (χ4v) is 21.5. The highest BCUT2D eigenvalue weighted by atomic mass is 35.5. The van der Waals surface area contributed by atoms with E-state index >= 15 is 0 Å². The van der Waals surface area contributed by atoms with E-state index in [2.05, 4.69) is 112 Å². The SMILES string of the molecule is CC1(c2n[nH]c3c2CN(C(=O)Nc2cccc(Cl)c2)CC3)CCC1.CCC(C)(C)C1=NCC2=C1CN(C(=O)Nc1cccc(Cl)c1)CC2.CCC(F)(F)c1n[nH]c2c1CN(C(=O)Nc1cccc(Cl)c1)CC2.CCCC(F)(F)C1=NCC2=C1CN(C(=O)Nc1cccc(Cl)c1)CC2.CCCc1n[nH]c2c1CN(C(=O)Nc1cccc(Cl)c1)CC2.O=C(Nc1cccc(Cl)c1)N1CCc2[nH]nc(C34CCCC3C4)c2C1. The van der Waals surface area contributed by atoms with Crippen LogP contribution in [0.25, 0.3) is 0 Å². The second-order valence-electron chi connectivity index (χ2n) is 39.2. The highest BCUT2D eigenvalue weighted by Gasteiger charge is 2.60. The minimum absolute atomic E-state index is 0.0591. The summed E-state index contributed by atoms with van der Waals surface area (Å²) in [6, 6.07) is 41.5. The van der Waals surface area contributed by atoms with E-state index < -0.39 is 11.8 Å². The lowest BCUT2D eigenvalue weighted by Gasteiger charge is -2.38. The van der Waals surface area contributed by atoms with Crippen LogP contribution < -0.4 is 31.9 Å². The van der Waals surface area contributed by atoms with Crippen molar-refractivity contribution < 1.29 is 46.3 Å². The summed E-state index contributed by atoms with van der Waals surface area (Å²) in [6.07, 6.45) is 16.1. The van der Waals surface area contributed by atoms with Gasteiger partial charge in [0, 0.05) is 222 Å². The number of aliphatic imine (C=N–C) groups is 2. The minimum atomic E-state index is -3.00. The second-order valence-corrected chi connectivity index (χ2v) is 41.9. The number of aromatic amines is 4. The number of carbonyl (C=O) groups is 6. The lowest BCUT2D eigenvalue weighted by Crippen LogP contribution is -2.42. The molecule has 0 spiro atoms. The first-order valence-corrected chi connectivity index (χ1v) is 51.8. The Balaban J connectivity index is 0.000000124. The smallest absolute Gasteiger partial charge is 0.320 e. The van der Waals surface area contributed by atoms with Crippen LogP contribution in [0, 0.1) is 11.3 Å². The van der Waals surface area contributed by atoms with E-state index in [1.165, 1.54) is 107 Å². The van der Waals surface area contributed by atoms with Crippen molar-refractivity contribution in [1.82, 2.24) is 70.2 Å². The molecule has 0 saturated heterocycles. The van der Waals surface area contributed by atoms with Gasteiger partial charge in [-0.1, -0.05) is 180 Å². The van der Waals surface area contributed by atoms with Crippen LogP contribution >= 0.6 is 69.6 Å². The lowest BCUT2D eigenvalue weighted by molar-refractivity contribution is -0.0142. The molecular weight excluding hydrogens is 1970 g/mol. The average Bonchev–Trinajstić information content (AvgIpc) is 1.54. The zero-order valence-electron chi connectivity index (χ0n) is 81.9. The molecule has 2 atom stereocenters. The standard InChI is InChI=1S/C19H21ClN4O.C19H24ClN3O.C18H20ClF2N3O.C18H21ClN4O.C16H17ClF2N4O.C16H19ClN4O/c20-13-4-1-5-14(9-13)21-18(25)24-8-6-16-15(11-24)17(23-22-16)19-7-2-3-12(19)10-19;1-4-19(2,3)17-16-12-23(9-8-13(16)11-21-17)18(24)22-15-7-5-6-14(20)10-15;1-2-7-18(20,21)16-15-11-24(8-6-12(15)10-22-16)17(25)23-14-5-3-4-13(19)9-14;1-18(7-3-8-18)16-14-11-23(9-6-15(14)21-22-16)17(24)20-13-5-2-4-12(19)10-13;1-2-16(18,19)14-12-9-23(7-6-13(12)21-22-14)15(24)20-11-5-3-4-10(17)8-11;1-2-4-14-13-10-21(8-7-15(13)20-19-14)16(22)18-12-6-3-5-11(17)9-12/h1,4-5,9,12H,2-3,6-8,10-11H2,(H,21,25)(H,22,23);5-7,10H,4,8-9,11-12H2,1-3H3,(H,22,24);3-5,9H,2,6-8,10-11H2,1H3,(H,23,25);2,4-5,10H,3,6-9,11H2,1H3,(H,20,24)(H,21,22);3-5,8H,2,6-7,9H2,1H3,(H,20,24)(H,21,22);3,5-6,9H,2,4,7-8,10H2,1H3,(H,18,22)(H,19,20). The number of aryl methyl sites for hydroxylation is 1. The van der Waals surface area contributed by atoms with E-state index in [1.807, 2.05) is 68.1 Å².